The third kappa shape index (κ3) is 3.05. The Balaban J connectivity index is 2.19. The van der Waals surface area contributed by atoms with Crippen molar-refractivity contribution in [1.82, 2.24) is 10.6 Å². The van der Waals surface area contributed by atoms with Crippen LogP contribution in [0.4, 0.5) is 0 Å². The second-order valence-electron chi connectivity index (χ2n) is 4.78. The smallest absolute Gasteiger partial charge is 0.234 e. The molecule has 1 aliphatic heterocycles. The lowest BCUT2D eigenvalue weighted by atomic mass is 9.98. The lowest BCUT2D eigenvalue weighted by molar-refractivity contribution is -0.121. The summed E-state index contributed by atoms with van der Waals surface area (Å²) in [4.78, 5) is 11.6. The molecule has 0 radical (unpaired) electrons. The normalized spacial score (nSPS) is 22.1. The van der Waals surface area contributed by atoms with E-state index >= 15 is 0 Å². The number of benzene rings is 1. The number of hydrogen-bond donors (Lipinski definition) is 3. The number of aliphatic hydroxyl groups excluding tert-OH is 1. The number of rotatable bonds is 3. The van der Waals surface area contributed by atoms with Crippen LogP contribution in [-0.4, -0.2) is 37.3 Å². The number of likely N-dealkylation sites (N-methyl/N-ethyl adjacent to an activating group) is 1. The van der Waals surface area contributed by atoms with Gasteiger partial charge in [0.2, 0.25) is 5.91 Å². The fourth-order valence-electron chi connectivity index (χ4n) is 2.34. The minimum atomic E-state index is -0.738. The van der Waals surface area contributed by atoms with Crippen LogP contribution in [-0.2, 0) is 4.79 Å². The van der Waals surface area contributed by atoms with Crippen LogP contribution in [0.5, 0.6) is 5.75 Å². The molecule has 0 spiro atoms. The van der Waals surface area contributed by atoms with E-state index in [1.807, 2.05) is 25.1 Å². The second kappa shape index (κ2) is 6.04. The van der Waals surface area contributed by atoms with Crippen molar-refractivity contribution in [2.24, 2.45) is 0 Å². The molecule has 0 aromatic heterocycles. The molecule has 5 heteroatoms. The molecule has 1 amide bonds. The molecule has 2 atom stereocenters. The Bertz CT molecular complexity index is 462. The van der Waals surface area contributed by atoms with Crippen molar-refractivity contribution in [1.29, 1.82) is 0 Å². The van der Waals surface area contributed by atoms with Crippen LogP contribution in [0, 0.1) is 6.92 Å². The Labute approximate surface area is 113 Å². The monoisotopic (exact) mass is 264 g/mol. The zero-order valence-electron chi connectivity index (χ0n) is 11.3. The Morgan fingerprint density at radius 1 is 1.53 bits per heavy atom. The van der Waals surface area contributed by atoms with Crippen molar-refractivity contribution in [3.63, 3.8) is 0 Å². The van der Waals surface area contributed by atoms with Crippen LogP contribution in [0.25, 0.3) is 0 Å². The summed E-state index contributed by atoms with van der Waals surface area (Å²) in [7, 11) is 1.71. The van der Waals surface area contributed by atoms with E-state index < -0.39 is 6.10 Å². The van der Waals surface area contributed by atoms with Gasteiger partial charge in [0.05, 0.1) is 19.2 Å². The van der Waals surface area contributed by atoms with Gasteiger partial charge in [-0.15, -0.1) is 0 Å². The van der Waals surface area contributed by atoms with Crippen LogP contribution in [0.2, 0.25) is 0 Å². The van der Waals surface area contributed by atoms with Crippen molar-refractivity contribution < 1.29 is 14.6 Å². The topological polar surface area (TPSA) is 70.6 Å². The van der Waals surface area contributed by atoms with Gasteiger partial charge < -0.3 is 20.5 Å². The molecule has 2 unspecified atom stereocenters. The van der Waals surface area contributed by atoms with Gasteiger partial charge in [0.1, 0.15) is 11.9 Å². The summed E-state index contributed by atoms with van der Waals surface area (Å²) in [5.41, 5.74) is 1.74. The zero-order chi connectivity index (χ0) is 13.8. The summed E-state index contributed by atoms with van der Waals surface area (Å²) in [6, 6.07) is 5.36. The average molecular weight is 264 g/mol. The molecule has 3 N–H and O–H groups in total. The highest BCUT2D eigenvalue weighted by Gasteiger charge is 2.28. The molecule has 1 aromatic carbocycles. The highest BCUT2D eigenvalue weighted by atomic mass is 16.5. The van der Waals surface area contributed by atoms with Crippen LogP contribution in [0.15, 0.2) is 18.2 Å². The third-order valence-corrected chi connectivity index (χ3v) is 3.30. The lowest BCUT2D eigenvalue weighted by Gasteiger charge is -2.22. The molecule has 0 fully saturated rings. The summed E-state index contributed by atoms with van der Waals surface area (Å²) < 4.78 is 5.69. The Morgan fingerprint density at radius 3 is 3.05 bits per heavy atom. The molecule has 1 heterocycles. The number of hydrogen-bond acceptors (Lipinski definition) is 4. The number of para-hydroxylation sites is 1. The molecule has 1 aliphatic rings. The van der Waals surface area contributed by atoms with Gasteiger partial charge in [-0.1, -0.05) is 18.2 Å². The summed E-state index contributed by atoms with van der Waals surface area (Å²) in [5, 5.41) is 16.1. The van der Waals surface area contributed by atoms with Crippen LogP contribution in [0.3, 0.4) is 0 Å². The van der Waals surface area contributed by atoms with Crippen molar-refractivity contribution in [3.05, 3.63) is 29.3 Å². The van der Waals surface area contributed by atoms with Crippen LogP contribution < -0.4 is 15.4 Å². The van der Waals surface area contributed by atoms with Crippen molar-refractivity contribution in [2.75, 3.05) is 20.2 Å². The van der Waals surface area contributed by atoms with Crippen LogP contribution >= 0.6 is 0 Å². The van der Waals surface area contributed by atoms with Gasteiger partial charge in [-0.3, -0.25) is 4.79 Å². The SMILES string of the molecule is CNCC(=O)NC1CCOc2c(C)cccc2C1O. The first-order valence-corrected chi connectivity index (χ1v) is 6.48. The van der Waals surface area contributed by atoms with E-state index in [4.69, 9.17) is 4.74 Å². The number of nitrogens with one attached hydrogen (secondary N) is 2. The number of carbonyl (C=O) groups is 1. The summed E-state index contributed by atoms with van der Waals surface area (Å²) in [6.07, 6.45) is -0.150. The standard InChI is InChI=1S/C14H20N2O3/c1-9-4-3-5-10-13(18)11(6-7-19-14(9)10)16-12(17)8-15-2/h3-5,11,13,15,18H,6-8H2,1-2H3,(H,16,17). The molecule has 2 rings (SSSR count). The van der Waals surface area contributed by atoms with Gasteiger partial charge in [0, 0.05) is 12.0 Å². The summed E-state index contributed by atoms with van der Waals surface area (Å²) in [6.45, 7) is 2.68. The van der Waals surface area contributed by atoms with Gasteiger partial charge in [-0.25, -0.2) is 0 Å². The minimum absolute atomic E-state index is 0.123. The first kappa shape index (κ1) is 13.8. The van der Waals surface area contributed by atoms with Crippen LogP contribution in [0.1, 0.15) is 23.7 Å². The number of fused-ring (bicyclic) bond motifs is 1. The molecule has 19 heavy (non-hydrogen) atoms. The largest absolute Gasteiger partial charge is 0.493 e. The van der Waals surface area contributed by atoms with E-state index in [-0.39, 0.29) is 18.5 Å². The van der Waals surface area contributed by atoms with E-state index in [1.165, 1.54) is 0 Å². The number of ether oxygens (including phenoxy) is 1. The molecule has 0 bridgehead atoms. The predicted octanol–water partition coefficient (Wildman–Crippen LogP) is 0.515. The Hall–Kier alpha value is -1.59. The van der Waals surface area contributed by atoms with E-state index in [2.05, 4.69) is 10.6 Å². The van der Waals surface area contributed by atoms with Gasteiger partial charge in [0.15, 0.2) is 0 Å². The number of amides is 1. The minimum Gasteiger partial charge on any atom is -0.493 e. The zero-order valence-corrected chi connectivity index (χ0v) is 11.3. The third-order valence-electron chi connectivity index (χ3n) is 3.30. The molecular formula is C14H20N2O3. The maximum Gasteiger partial charge on any atom is 0.234 e. The summed E-state index contributed by atoms with van der Waals surface area (Å²) >= 11 is 0. The van der Waals surface area contributed by atoms with Gasteiger partial charge in [0.25, 0.3) is 0 Å². The fraction of sp³-hybridized carbons (Fsp3) is 0.500. The highest BCUT2D eigenvalue weighted by molar-refractivity contribution is 5.78. The molecule has 0 saturated heterocycles. The molecule has 0 saturated carbocycles. The average Bonchev–Trinajstić information content (AvgIpc) is 2.53. The fourth-order valence-corrected chi connectivity index (χ4v) is 2.34. The Kier molecular flexibility index (Phi) is 4.39. The molecule has 1 aromatic rings. The van der Waals surface area contributed by atoms with Gasteiger partial charge in [-0.05, 0) is 19.5 Å². The van der Waals surface area contributed by atoms with E-state index in [9.17, 15) is 9.90 Å². The number of carbonyl (C=O) groups excluding carboxylic acids is 1. The first-order chi connectivity index (χ1) is 9.13. The second-order valence-corrected chi connectivity index (χ2v) is 4.78. The van der Waals surface area contributed by atoms with Crippen molar-refractivity contribution in [2.45, 2.75) is 25.5 Å². The lowest BCUT2D eigenvalue weighted by Crippen LogP contribution is -2.43. The summed E-state index contributed by atoms with van der Waals surface area (Å²) in [5.74, 6) is 0.614. The maximum atomic E-state index is 11.6. The van der Waals surface area contributed by atoms with E-state index in [0.717, 1.165) is 16.9 Å². The quantitative estimate of drug-likeness (QED) is 0.744. The molecular weight excluding hydrogens is 244 g/mol. The van der Waals surface area contributed by atoms with E-state index in [0.29, 0.717) is 13.0 Å². The van der Waals surface area contributed by atoms with Gasteiger partial charge in [-0.2, -0.15) is 0 Å². The first-order valence-electron chi connectivity index (χ1n) is 6.48. The molecule has 104 valence electrons. The number of aliphatic hydroxyl groups is 1. The molecule has 0 aliphatic carbocycles. The highest BCUT2D eigenvalue weighted by Crippen LogP contribution is 2.33. The van der Waals surface area contributed by atoms with Crippen molar-refractivity contribution in [3.8, 4) is 5.75 Å². The Morgan fingerprint density at radius 2 is 2.32 bits per heavy atom. The van der Waals surface area contributed by atoms with Gasteiger partial charge >= 0.3 is 0 Å². The maximum absolute atomic E-state index is 11.6. The molecule has 5 nitrogen and oxygen atoms in total. The predicted molar refractivity (Wildman–Crippen MR) is 72.1 cm³/mol. The number of aryl methyl sites for hydroxylation is 1. The van der Waals surface area contributed by atoms with E-state index in [1.54, 1.807) is 7.05 Å². The van der Waals surface area contributed by atoms with Crippen molar-refractivity contribution >= 4 is 5.91 Å².